The van der Waals surface area contributed by atoms with Crippen molar-refractivity contribution in [2.45, 2.75) is 44.5 Å². The highest BCUT2D eigenvalue weighted by molar-refractivity contribution is 5.99. The molecule has 10 heteroatoms. The number of carbonyl (C=O) groups excluding carboxylic acids is 3. The van der Waals surface area contributed by atoms with Gasteiger partial charge in [0, 0.05) is 57.6 Å². The van der Waals surface area contributed by atoms with Crippen molar-refractivity contribution in [2.24, 2.45) is 11.7 Å². The molecule has 0 radical (unpaired) electrons. The fourth-order valence-corrected chi connectivity index (χ4v) is 5.33. The third kappa shape index (κ3) is 5.88. The number of likely N-dealkylation sites (tertiary alicyclic amines) is 1. The van der Waals surface area contributed by atoms with Gasteiger partial charge in [-0.3, -0.25) is 19.3 Å². The zero-order chi connectivity index (χ0) is 25.8. The van der Waals surface area contributed by atoms with Gasteiger partial charge in [-0.15, -0.1) is 0 Å². The summed E-state index contributed by atoms with van der Waals surface area (Å²) >= 11 is 0. The zero-order valence-corrected chi connectivity index (χ0v) is 21.5. The van der Waals surface area contributed by atoms with E-state index in [0.717, 1.165) is 45.0 Å². The lowest BCUT2D eigenvalue weighted by atomic mass is 10.0. The first-order valence-electron chi connectivity index (χ1n) is 12.9. The summed E-state index contributed by atoms with van der Waals surface area (Å²) in [5, 5.41) is 2.92. The van der Waals surface area contributed by atoms with E-state index in [2.05, 4.69) is 15.1 Å². The first-order valence-corrected chi connectivity index (χ1v) is 12.9. The average Bonchev–Trinajstić information content (AvgIpc) is 3.42. The van der Waals surface area contributed by atoms with Crippen LogP contribution in [0, 0.1) is 5.92 Å². The third-order valence-corrected chi connectivity index (χ3v) is 7.30. The summed E-state index contributed by atoms with van der Waals surface area (Å²) < 4.78 is 10.7. The van der Waals surface area contributed by atoms with Crippen molar-refractivity contribution in [2.75, 3.05) is 64.5 Å². The molecule has 3 aliphatic heterocycles. The largest absolute Gasteiger partial charge is 0.383 e. The van der Waals surface area contributed by atoms with Gasteiger partial charge < -0.3 is 30.3 Å². The Balaban J connectivity index is 1.38. The molecule has 198 valence electrons. The maximum atomic E-state index is 13.5. The number of hydrogen-bond donors (Lipinski definition) is 2. The second-order valence-corrected chi connectivity index (χ2v) is 10.4. The summed E-state index contributed by atoms with van der Waals surface area (Å²) in [6.07, 6.45) is 0.00000278. The van der Waals surface area contributed by atoms with E-state index in [1.807, 2.05) is 26.0 Å². The highest BCUT2D eigenvalue weighted by atomic mass is 16.5. The van der Waals surface area contributed by atoms with Crippen molar-refractivity contribution < 1.29 is 23.9 Å². The fourth-order valence-electron chi connectivity index (χ4n) is 5.33. The van der Waals surface area contributed by atoms with Gasteiger partial charge in [0.05, 0.1) is 12.6 Å². The molecular formula is C26H39N5O5. The van der Waals surface area contributed by atoms with Crippen molar-refractivity contribution >= 4 is 23.3 Å². The number of nitrogens with two attached hydrogens (primary N) is 1. The van der Waals surface area contributed by atoms with Gasteiger partial charge in [-0.2, -0.15) is 0 Å². The van der Waals surface area contributed by atoms with Gasteiger partial charge in [0.2, 0.25) is 5.91 Å². The second kappa shape index (κ2) is 11.7. The molecule has 3 aliphatic rings. The van der Waals surface area contributed by atoms with Gasteiger partial charge in [-0.1, -0.05) is 13.8 Å². The molecule has 0 aromatic heterocycles. The van der Waals surface area contributed by atoms with Gasteiger partial charge in [0.15, 0.2) is 5.78 Å². The number of fused-ring (bicyclic) bond motifs is 1. The molecule has 0 spiro atoms. The summed E-state index contributed by atoms with van der Waals surface area (Å²) in [6, 6.07) is 5.71. The van der Waals surface area contributed by atoms with Crippen LogP contribution in [0.15, 0.2) is 24.3 Å². The van der Waals surface area contributed by atoms with Crippen molar-refractivity contribution in [3.05, 3.63) is 29.8 Å². The molecule has 1 aromatic carbocycles. The topological polar surface area (TPSA) is 117 Å². The van der Waals surface area contributed by atoms with E-state index >= 15 is 0 Å². The molecule has 3 fully saturated rings. The van der Waals surface area contributed by atoms with E-state index in [0.29, 0.717) is 12.0 Å². The molecule has 4 rings (SSSR count). The number of ether oxygens (including phenoxy) is 2. The minimum atomic E-state index is -0.739. The lowest BCUT2D eigenvalue weighted by Crippen LogP contribution is -2.52. The van der Waals surface area contributed by atoms with Crippen LogP contribution in [0.4, 0.5) is 5.69 Å². The molecule has 3 N–H and O–H groups in total. The molecule has 0 saturated carbocycles. The monoisotopic (exact) mass is 501 g/mol. The van der Waals surface area contributed by atoms with E-state index in [9.17, 15) is 14.4 Å². The molecule has 36 heavy (non-hydrogen) atoms. The van der Waals surface area contributed by atoms with Gasteiger partial charge in [-0.25, -0.2) is 0 Å². The lowest BCUT2D eigenvalue weighted by molar-refractivity contribution is -0.138. The fraction of sp³-hybridized carbons (Fsp3) is 0.654. The average molecular weight is 502 g/mol. The van der Waals surface area contributed by atoms with Gasteiger partial charge >= 0.3 is 0 Å². The summed E-state index contributed by atoms with van der Waals surface area (Å²) in [7, 11) is 1.72. The number of nitrogens with zero attached hydrogens (tertiary/aromatic N) is 3. The van der Waals surface area contributed by atoms with Gasteiger partial charge in [0.25, 0.3) is 5.91 Å². The van der Waals surface area contributed by atoms with E-state index in [4.69, 9.17) is 15.2 Å². The Morgan fingerprint density at radius 1 is 1.17 bits per heavy atom. The number of carbonyl (C=O) groups is 3. The van der Waals surface area contributed by atoms with E-state index < -0.39 is 24.2 Å². The Morgan fingerprint density at radius 2 is 1.86 bits per heavy atom. The smallest absolute Gasteiger partial charge is 0.251 e. The van der Waals surface area contributed by atoms with Crippen LogP contribution in [-0.2, 0) is 19.1 Å². The summed E-state index contributed by atoms with van der Waals surface area (Å²) in [5.74, 6) is -0.543. The number of ketones is 1. The van der Waals surface area contributed by atoms with E-state index in [1.54, 1.807) is 19.2 Å². The third-order valence-electron chi connectivity index (χ3n) is 7.30. The van der Waals surface area contributed by atoms with Crippen LogP contribution in [0.25, 0.3) is 0 Å². The standard InChI is InChI=1S/C26H39N5O5/c1-17(2)14-21(26(34)31-15-20(27)24-23(31)22(32)16-36-24)28-25(33)18-4-6-19(7-5-18)30-10-8-29(9-11-30)12-13-35-3/h4-7,17,20-21,23-24H,8-16,27H2,1-3H3,(H,28,33)/t20-,21?,23+,24+/m0/s1. The number of rotatable bonds is 9. The minimum absolute atomic E-state index is 0.0252. The van der Waals surface area contributed by atoms with E-state index in [-0.39, 0.29) is 36.7 Å². The summed E-state index contributed by atoms with van der Waals surface area (Å²) in [6.45, 7) is 9.68. The van der Waals surface area contributed by atoms with Crippen molar-refractivity contribution in [1.82, 2.24) is 15.1 Å². The summed E-state index contributed by atoms with van der Waals surface area (Å²) in [5.41, 5.74) is 7.71. The predicted molar refractivity (Wildman–Crippen MR) is 136 cm³/mol. The van der Waals surface area contributed by atoms with Crippen molar-refractivity contribution in [3.8, 4) is 0 Å². The molecule has 4 atom stereocenters. The quantitative estimate of drug-likeness (QED) is 0.490. The molecular weight excluding hydrogens is 462 g/mol. The van der Waals surface area contributed by atoms with Crippen molar-refractivity contribution in [1.29, 1.82) is 0 Å². The van der Waals surface area contributed by atoms with Gasteiger partial charge in [-0.05, 0) is 36.6 Å². The molecule has 1 unspecified atom stereocenters. The van der Waals surface area contributed by atoms with Crippen molar-refractivity contribution in [3.63, 3.8) is 0 Å². The van der Waals surface area contributed by atoms with Crippen LogP contribution in [0.1, 0.15) is 30.6 Å². The van der Waals surface area contributed by atoms with Crippen LogP contribution in [0.3, 0.4) is 0 Å². The molecule has 2 amide bonds. The Bertz CT molecular complexity index is 931. The molecule has 10 nitrogen and oxygen atoms in total. The van der Waals surface area contributed by atoms with Crippen LogP contribution in [0.2, 0.25) is 0 Å². The number of hydrogen-bond acceptors (Lipinski definition) is 8. The number of methoxy groups -OCH3 is 1. The SMILES string of the molecule is COCCN1CCN(c2ccc(C(=O)NC(CC(C)C)C(=O)N3C[C@H](N)[C@H]4OCC(=O)[C@H]43)cc2)CC1. The number of benzene rings is 1. The number of Topliss-reactive ketones (excluding diaryl/α,β-unsaturated/α-hetero) is 1. The Kier molecular flexibility index (Phi) is 8.61. The van der Waals surface area contributed by atoms with Crippen LogP contribution < -0.4 is 16.0 Å². The number of amides is 2. The Labute approximate surface area is 213 Å². The number of piperazine rings is 1. The second-order valence-electron chi connectivity index (χ2n) is 10.4. The summed E-state index contributed by atoms with van der Waals surface area (Å²) in [4.78, 5) is 45.1. The lowest BCUT2D eigenvalue weighted by Gasteiger charge is -2.36. The molecule has 0 aliphatic carbocycles. The maximum absolute atomic E-state index is 13.5. The molecule has 3 heterocycles. The number of anilines is 1. The zero-order valence-electron chi connectivity index (χ0n) is 21.5. The van der Waals surface area contributed by atoms with Crippen LogP contribution in [-0.4, -0.2) is 111 Å². The Morgan fingerprint density at radius 3 is 2.50 bits per heavy atom. The first-order chi connectivity index (χ1) is 17.3. The van der Waals surface area contributed by atoms with Crippen LogP contribution >= 0.6 is 0 Å². The highest BCUT2D eigenvalue weighted by Crippen LogP contribution is 2.28. The predicted octanol–water partition coefficient (Wildman–Crippen LogP) is 0.106. The Hall–Kier alpha value is -2.53. The minimum Gasteiger partial charge on any atom is -0.383 e. The highest BCUT2D eigenvalue weighted by Gasteiger charge is 2.52. The number of nitrogens with one attached hydrogen (secondary N) is 1. The maximum Gasteiger partial charge on any atom is 0.251 e. The molecule has 1 aromatic rings. The van der Waals surface area contributed by atoms with E-state index in [1.165, 1.54) is 4.90 Å². The normalized spacial score (nSPS) is 25.4. The van der Waals surface area contributed by atoms with Crippen LogP contribution in [0.5, 0.6) is 0 Å². The van der Waals surface area contributed by atoms with Gasteiger partial charge in [0.1, 0.15) is 24.8 Å². The first kappa shape index (κ1) is 26.5. The molecule has 3 saturated heterocycles. The molecule has 0 bridgehead atoms.